The molecule has 0 aliphatic heterocycles. The van der Waals surface area contributed by atoms with E-state index in [2.05, 4.69) is 10.6 Å². The van der Waals surface area contributed by atoms with Gasteiger partial charge in [-0.25, -0.2) is 0 Å². The van der Waals surface area contributed by atoms with Crippen LogP contribution in [-0.2, 0) is 9.59 Å². The highest BCUT2D eigenvalue weighted by Crippen LogP contribution is 2.38. The fourth-order valence-electron chi connectivity index (χ4n) is 4.14. The molecule has 0 aromatic carbocycles. The molecule has 0 aromatic rings. The summed E-state index contributed by atoms with van der Waals surface area (Å²) in [6.07, 6.45) is 4.39. The number of nitrogens with one attached hydrogen (secondary N) is 2. The highest BCUT2D eigenvalue weighted by atomic mass is 16.3. The molecule has 2 saturated carbocycles. The number of carbonyl (C=O) groups is 2. The van der Waals surface area contributed by atoms with Gasteiger partial charge in [0.05, 0.1) is 23.3 Å². The molecule has 0 spiro atoms. The first-order chi connectivity index (χ1) is 11.6. The van der Waals surface area contributed by atoms with Crippen molar-refractivity contribution in [1.29, 1.82) is 0 Å². The maximum absolute atomic E-state index is 12.3. The minimum Gasteiger partial charge on any atom is -0.388 e. The summed E-state index contributed by atoms with van der Waals surface area (Å²) in [5.41, 5.74) is -1.69. The van der Waals surface area contributed by atoms with Crippen molar-refractivity contribution < 1.29 is 19.8 Å². The Morgan fingerprint density at radius 2 is 1.12 bits per heavy atom. The summed E-state index contributed by atoms with van der Waals surface area (Å²) >= 11 is 0. The summed E-state index contributed by atoms with van der Waals surface area (Å²) in [6, 6.07) is -0.670. The minimum atomic E-state index is -0.845. The molecule has 2 atom stereocenters. The smallest absolute Gasteiger partial charge is 0.229 e. The molecule has 0 bridgehead atoms. The molecule has 25 heavy (non-hydrogen) atoms. The maximum atomic E-state index is 12.3. The van der Waals surface area contributed by atoms with Crippen LogP contribution in [0.25, 0.3) is 0 Å². The van der Waals surface area contributed by atoms with Gasteiger partial charge in [-0.2, -0.15) is 0 Å². The van der Waals surface area contributed by atoms with Gasteiger partial charge in [0.2, 0.25) is 11.8 Å². The van der Waals surface area contributed by atoms with E-state index in [1.54, 1.807) is 0 Å². The van der Waals surface area contributed by atoms with Crippen molar-refractivity contribution in [3.05, 3.63) is 0 Å². The summed E-state index contributed by atoms with van der Waals surface area (Å²) in [5.74, 6) is -0.563. The van der Waals surface area contributed by atoms with Crippen LogP contribution in [0.4, 0.5) is 0 Å². The average Bonchev–Trinajstić information content (AvgIpc) is 2.45. The Hall–Kier alpha value is -1.14. The lowest BCUT2D eigenvalue weighted by Gasteiger charge is -2.46. The van der Waals surface area contributed by atoms with Crippen molar-refractivity contribution in [3.8, 4) is 0 Å². The standard InChI is InChI=1S/C19H34N2O4/c1-12(2)16(18(24)7-5-8-18)20-14(22)11-15(23)21-17(13(3)4)19(25)9-6-10-19/h12-13,16-17,24-25H,5-11H2,1-4H3,(H,20,22)(H,21,23). The van der Waals surface area contributed by atoms with Crippen LogP contribution in [0.1, 0.15) is 72.6 Å². The predicted molar refractivity (Wildman–Crippen MR) is 95.8 cm³/mol. The van der Waals surface area contributed by atoms with Crippen LogP contribution in [0.3, 0.4) is 0 Å². The molecule has 4 N–H and O–H groups in total. The zero-order chi connectivity index (χ0) is 18.8. The summed E-state index contributed by atoms with van der Waals surface area (Å²) < 4.78 is 0. The third-order valence-electron chi connectivity index (χ3n) is 5.88. The lowest BCUT2D eigenvalue weighted by atomic mass is 9.71. The van der Waals surface area contributed by atoms with Gasteiger partial charge in [-0.15, -0.1) is 0 Å². The average molecular weight is 354 g/mol. The van der Waals surface area contributed by atoms with Crippen molar-refractivity contribution in [2.45, 2.75) is 95.9 Å². The Balaban J connectivity index is 1.89. The first kappa shape index (κ1) is 20.2. The van der Waals surface area contributed by atoms with Crippen LogP contribution in [0.2, 0.25) is 0 Å². The van der Waals surface area contributed by atoms with E-state index < -0.39 is 11.2 Å². The molecule has 0 heterocycles. The fraction of sp³-hybridized carbons (Fsp3) is 0.895. The normalized spacial score (nSPS) is 23.4. The number of carbonyl (C=O) groups excluding carboxylic acids is 2. The van der Waals surface area contributed by atoms with E-state index >= 15 is 0 Å². The molecule has 6 heteroatoms. The van der Waals surface area contributed by atoms with Gasteiger partial charge in [-0.3, -0.25) is 9.59 Å². The van der Waals surface area contributed by atoms with Crippen LogP contribution in [0.15, 0.2) is 0 Å². The predicted octanol–water partition coefficient (Wildman–Crippen LogP) is 1.49. The summed E-state index contributed by atoms with van der Waals surface area (Å²) in [6.45, 7) is 7.84. The maximum Gasteiger partial charge on any atom is 0.229 e. The lowest BCUT2D eigenvalue weighted by molar-refractivity contribution is -0.137. The second kappa shape index (κ2) is 7.62. The number of aliphatic hydroxyl groups is 2. The Morgan fingerprint density at radius 3 is 1.32 bits per heavy atom. The highest BCUT2D eigenvalue weighted by Gasteiger charge is 2.46. The minimum absolute atomic E-state index is 0.0939. The van der Waals surface area contributed by atoms with E-state index in [0.29, 0.717) is 25.7 Å². The Morgan fingerprint density at radius 1 is 0.800 bits per heavy atom. The molecule has 2 fully saturated rings. The van der Waals surface area contributed by atoms with Crippen LogP contribution in [0, 0.1) is 11.8 Å². The van der Waals surface area contributed by atoms with E-state index in [1.807, 2.05) is 27.7 Å². The molecule has 2 unspecified atom stereocenters. The molecule has 2 aliphatic rings. The topological polar surface area (TPSA) is 98.7 Å². The zero-order valence-electron chi connectivity index (χ0n) is 16.0. The van der Waals surface area contributed by atoms with Crippen LogP contribution in [-0.4, -0.2) is 45.3 Å². The van der Waals surface area contributed by atoms with E-state index in [4.69, 9.17) is 0 Å². The Kier molecular flexibility index (Phi) is 6.15. The number of hydrogen-bond acceptors (Lipinski definition) is 4. The summed E-state index contributed by atoms with van der Waals surface area (Å²) in [4.78, 5) is 24.6. The van der Waals surface area contributed by atoms with Gasteiger partial charge in [0.15, 0.2) is 0 Å². The van der Waals surface area contributed by atoms with Crippen molar-refractivity contribution in [2.24, 2.45) is 11.8 Å². The van der Waals surface area contributed by atoms with E-state index in [1.165, 1.54) is 0 Å². The van der Waals surface area contributed by atoms with E-state index in [9.17, 15) is 19.8 Å². The van der Waals surface area contributed by atoms with E-state index in [0.717, 1.165) is 12.8 Å². The van der Waals surface area contributed by atoms with Gasteiger partial charge in [-0.05, 0) is 50.4 Å². The SMILES string of the molecule is CC(C)C(NC(=O)CC(=O)NC(C(C)C)C1(O)CCC1)C1(O)CCC1. The zero-order valence-corrected chi connectivity index (χ0v) is 16.0. The summed E-state index contributed by atoms with van der Waals surface area (Å²) in [7, 11) is 0. The third kappa shape index (κ3) is 4.53. The molecule has 0 aromatic heterocycles. The van der Waals surface area contributed by atoms with Crippen molar-refractivity contribution in [1.82, 2.24) is 10.6 Å². The molecule has 144 valence electrons. The van der Waals surface area contributed by atoms with Crippen LogP contribution in [0.5, 0.6) is 0 Å². The fourth-order valence-corrected chi connectivity index (χ4v) is 4.14. The second-order valence-electron chi connectivity index (χ2n) is 8.67. The first-order valence-electron chi connectivity index (χ1n) is 9.61. The number of rotatable bonds is 8. The lowest BCUT2D eigenvalue weighted by Crippen LogP contribution is -2.60. The molecule has 0 saturated heterocycles. The van der Waals surface area contributed by atoms with Crippen molar-refractivity contribution >= 4 is 11.8 Å². The Bertz CT molecular complexity index is 452. The van der Waals surface area contributed by atoms with Gasteiger partial charge >= 0.3 is 0 Å². The van der Waals surface area contributed by atoms with Crippen LogP contribution >= 0.6 is 0 Å². The number of amides is 2. The van der Waals surface area contributed by atoms with Gasteiger partial charge in [0.1, 0.15) is 6.42 Å². The molecular weight excluding hydrogens is 320 g/mol. The molecule has 2 amide bonds. The van der Waals surface area contributed by atoms with Gasteiger partial charge in [-0.1, -0.05) is 27.7 Å². The molecule has 6 nitrogen and oxygen atoms in total. The number of hydrogen-bond donors (Lipinski definition) is 4. The molecule has 2 aliphatic carbocycles. The van der Waals surface area contributed by atoms with Gasteiger partial charge < -0.3 is 20.8 Å². The molecule has 2 rings (SSSR count). The molecule has 0 radical (unpaired) electrons. The van der Waals surface area contributed by atoms with Crippen molar-refractivity contribution in [2.75, 3.05) is 0 Å². The van der Waals surface area contributed by atoms with Crippen molar-refractivity contribution in [3.63, 3.8) is 0 Å². The Labute approximate surface area is 150 Å². The third-order valence-corrected chi connectivity index (χ3v) is 5.88. The molecular formula is C19H34N2O4. The first-order valence-corrected chi connectivity index (χ1v) is 9.61. The quantitative estimate of drug-likeness (QED) is 0.496. The summed E-state index contributed by atoms with van der Waals surface area (Å²) in [5, 5.41) is 26.8. The second-order valence-corrected chi connectivity index (χ2v) is 8.67. The van der Waals surface area contributed by atoms with Crippen LogP contribution < -0.4 is 10.6 Å². The monoisotopic (exact) mass is 354 g/mol. The van der Waals surface area contributed by atoms with Gasteiger partial charge in [0, 0.05) is 0 Å². The highest BCUT2D eigenvalue weighted by molar-refractivity contribution is 5.97. The van der Waals surface area contributed by atoms with Gasteiger partial charge in [0.25, 0.3) is 0 Å². The van der Waals surface area contributed by atoms with E-state index in [-0.39, 0.29) is 42.2 Å². The largest absolute Gasteiger partial charge is 0.388 e.